The number of aromatic hydroxyl groups is 1. The molecule has 124 valence electrons. The van der Waals surface area contributed by atoms with Crippen LogP contribution in [0.4, 0.5) is 0 Å². The summed E-state index contributed by atoms with van der Waals surface area (Å²) in [6.45, 7) is 6.85. The average molecular weight is 318 g/mol. The zero-order valence-electron chi connectivity index (χ0n) is 14.7. The highest BCUT2D eigenvalue weighted by Gasteiger charge is 2.17. The van der Waals surface area contributed by atoms with Crippen LogP contribution in [0.3, 0.4) is 0 Å². The summed E-state index contributed by atoms with van der Waals surface area (Å²) in [7, 11) is 0. The van der Waals surface area contributed by atoms with E-state index in [4.69, 9.17) is 5.11 Å². The van der Waals surface area contributed by atoms with Crippen LogP contribution in [0.1, 0.15) is 32.8 Å². The number of phenols is 1. The lowest BCUT2D eigenvalue weighted by molar-refractivity contribution is 0.475. The predicted octanol–water partition coefficient (Wildman–Crippen LogP) is 6.43. The molecule has 0 aliphatic heterocycles. The molecule has 24 heavy (non-hydrogen) atoms. The maximum atomic E-state index is 8.63. The van der Waals surface area contributed by atoms with Gasteiger partial charge in [0.05, 0.1) is 0 Å². The molecule has 0 saturated heterocycles. The molecule has 1 nitrogen and oxygen atoms in total. The van der Waals surface area contributed by atoms with E-state index < -0.39 is 0 Å². The van der Waals surface area contributed by atoms with Gasteiger partial charge >= 0.3 is 0 Å². The summed E-state index contributed by atoms with van der Waals surface area (Å²) >= 11 is 0. The zero-order valence-corrected chi connectivity index (χ0v) is 14.7. The first-order valence-electron chi connectivity index (χ1n) is 8.43. The third kappa shape index (κ3) is 4.99. The molecule has 3 aromatic rings. The van der Waals surface area contributed by atoms with Crippen LogP contribution >= 0.6 is 0 Å². The summed E-state index contributed by atoms with van der Waals surface area (Å²) in [4.78, 5) is 0. The lowest BCUT2D eigenvalue weighted by atomic mass is 9.81. The molecule has 0 bridgehead atoms. The Balaban J connectivity index is 0.000000249. The number of hydrogen-bond donors (Lipinski definition) is 1. The molecule has 0 radical (unpaired) electrons. The number of para-hydroxylation sites is 1. The summed E-state index contributed by atoms with van der Waals surface area (Å²) in [5, 5.41) is 8.63. The van der Waals surface area contributed by atoms with Gasteiger partial charge in [0.2, 0.25) is 0 Å². The minimum Gasteiger partial charge on any atom is -0.508 e. The summed E-state index contributed by atoms with van der Waals surface area (Å²) in [5.74, 6) is 0.322. The Morgan fingerprint density at radius 3 is 1.75 bits per heavy atom. The van der Waals surface area contributed by atoms with Gasteiger partial charge in [-0.25, -0.2) is 0 Å². The summed E-state index contributed by atoms with van der Waals surface area (Å²) < 4.78 is 0. The Hall–Kier alpha value is -2.54. The number of phenolic OH excluding ortho intramolecular Hbond substituents is 1. The Morgan fingerprint density at radius 1 is 0.708 bits per heavy atom. The standard InChI is InChI=1S/C17H20.C6H6O/c1-4-17(2,3)16-12-8-11-15(13-16)14-9-6-5-7-10-14;7-6-4-2-1-3-5-6/h5-13H,4H2,1-3H3;1-5,7H. The van der Waals surface area contributed by atoms with Crippen molar-refractivity contribution in [3.63, 3.8) is 0 Å². The molecule has 1 N–H and O–H groups in total. The van der Waals surface area contributed by atoms with E-state index in [2.05, 4.69) is 75.4 Å². The lowest BCUT2D eigenvalue weighted by Crippen LogP contribution is -2.15. The quantitative estimate of drug-likeness (QED) is 0.589. The average Bonchev–Trinajstić information content (AvgIpc) is 2.64. The van der Waals surface area contributed by atoms with Gasteiger partial charge < -0.3 is 5.11 Å². The topological polar surface area (TPSA) is 20.2 Å². The van der Waals surface area contributed by atoms with Crippen LogP contribution in [0, 0.1) is 0 Å². The molecule has 0 aliphatic carbocycles. The van der Waals surface area contributed by atoms with Crippen LogP contribution in [-0.2, 0) is 5.41 Å². The van der Waals surface area contributed by atoms with Gasteiger partial charge in [0, 0.05) is 0 Å². The molecule has 3 rings (SSSR count). The monoisotopic (exact) mass is 318 g/mol. The van der Waals surface area contributed by atoms with Crippen LogP contribution in [-0.4, -0.2) is 5.11 Å². The number of rotatable bonds is 3. The molecule has 0 saturated carbocycles. The van der Waals surface area contributed by atoms with E-state index in [0.717, 1.165) is 6.42 Å². The molecular weight excluding hydrogens is 292 g/mol. The number of benzene rings is 3. The maximum Gasteiger partial charge on any atom is 0.115 e. The maximum absolute atomic E-state index is 8.63. The molecule has 0 fully saturated rings. The molecule has 0 atom stereocenters. The van der Waals surface area contributed by atoms with Crippen molar-refractivity contribution in [3.8, 4) is 16.9 Å². The fourth-order valence-corrected chi connectivity index (χ4v) is 2.38. The van der Waals surface area contributed by atoms with E-state index >= 15 is 0 Å². The fourth-order valence-electron chi connectivity index (χ4n) is 2.38. The van der Waals surface area contributed by atoms with Crippen LogP contribution in [0.15, 0.2) is 84.9 Å². The second-order valence-electron chi connectivity index (χ2n) is 6.52. The van der Waals surface area contributed by atoms with Gasteiger partial charge in [-0.1, -0.05) is 93.6 Å². The van der Waals surface area contributed by atoms with Crippen LogP contribution in [0.5, 0.6) is 5.75 Å². The van der Waals surface area contributed by atoms with Gasteiger partial charge in [-0.05, 0) is 40.7 Å². The fraction of sp³-hybridized carbons (Fsp3) is 0.217. The van der Waals surface area contributed by atoms with E-state index in [9.17, 15) is 0 Å². The third-order valence-electron chi connectivity index (χ3n) is 4.39. The molecule has 0 aliphatic rings. The van der Waals surface area contributed by atoms with E-state index in [0.29, 0.717) is 5.75 Å². The van der Waals surface area contributed by atoms with Crippen molar-refractivity contribution < 1.29 is 5.11 Å². The molecule has 0 unspecified atom stereocenters. The Morgan fingerprint density at radius 2 is 1.25 bits per heavy atom. The smallest absolute Gasteiger partial charge is 0.115 e. The Kier molecular flexibility index (Phi) is 6.20. The van der Waals surface area contributed by atoms with Crippen molar-refractivity contribution in [2.24, 2.45) is 0 Å². The molecule has 1 heteroatoms. The van der Waals surface area contributed by atoms with Crippen LogP contribution in [0.25, 0.3) is 11.1 Å². The minimum atomic E-state index is 0.255. The van der Waals surface area contributed by atoms with E-state index in [1.807, 2.05) is 6.07 Å². The lowest BCUT2D eigenvalue weighted by Gasteiger charge is -2.24. The van der Waals surface area contributed by atoms with E-state index in [-0.39, 0.29) is 5.41 Å². The van der Waals surface area contributed by atoms with Gasteiger partial charge in [0.25, 0.3) is 0 Å². The molecule has 0 aromatic heterocycles. The van der Waals surface area contributed by atoms with Crippen molar-refractivity contribution >= 4 is 0 Å². The van der Waals surface area contributed by atoms with Crippen molar-refractivity contribution in [1.29, 1.82) is 0 Å². The van der Waals surface area contributed by atoms with Crippen molar-refractivity contribution in [3.05, 3.63) is 90.5 Å². The highest BCUT2D eigenvalue weighted by Crippen LogP contribution is 2.30. The first-order valence-corrected chi connectivity index (χ1v) is 8.43. The van der Waals surface area contributed by atoms with Gasteiger partial charge in [-0.2, -0.15) is 0 Å². The van der Waals surface area contributed by atoms with Crippen molar-refractivity contribution in [2.45, 2.75) is 32.6 Å². The van der Waals surface area contributed by atoms with Gasteiger partial charge in [-0.15, -0.1) is 0 Å². The first kappa shape index (κ1) is 17.8. The first-order chi connectivity index (χ1) is 11.5. The molecule has 0 amide bonds. The number of hydrogen-bond acceptors (Lipinski definition) is 1. The SMILES string of the molecule is CCC(C)(C)c1cccc(-c2ccccc2)c1.Oc1ccccc1. The van der Waals surface area contributed by atoms with Crippen molar-refractivity contribution in [1.82, 2.24) is 0 Å². The van der Waals surface area contributed by atoms with Gasteiger partial charge in [-0.3, -0.25) is 0 Å². The van der Waals surface area contributed by atoms with Gasteiger partial charge in [0.15, 0.2) is 0 Å². The Labute approximate surface area is 145 Å². The summed E-state index contributed by atoms with van der Waals surface area (Å²) in [6.07, 6.45) is 1.16. The predicted molar refractivity (Wildman–Crippen MR) is 103 cm³/mol. The van der Waals surface area contributed by atoms with Crippen molar-refractivity contribution in [2.75, 3.05) is 0 Å². The minimum absolute atomic E-state index is 0.255. The van der Waals surface area contributed by atoms with Crippen LogP contribution in [0.2, 0.25) is 0 Å². The third-order valence-corrected chi connectivity index (χ3v) is 4.39. The molecule has 0 spiro atoms. The second-order valence-corrected chi connectivity index (χ2v) is 6.52. The molecular formula is C23H26O. The summed E-state index contributed by atoms with van der Waals surface area (Å²) in [6, 6.07) is 28.2. The summed E-state index contributed by atoms with van der Waals surface area (Å²) in [5.41, 5.74) is 4.28. The highest BCUT2D eigenvalue weighted by molar-refractivity contribution is 5.64. The molecule has 0 heterocycles. The Bertz CT molecular complexity index is 730. The highest BCUT2D eigenvalue weighted by atomic mass is 16.3. The second kappa shape index (κ2) is 8.35. The zero-order chi connectivity index (χ0) is 17.4. The largest absolute Gasteiger partial charge is 0.508 e. The van der Waals surface area contributed by atoms with Crippen LogP contribution < -0.4 is 0 Å². The normalized spacial score (nSPS) is 10.6. The molecule has 3 aromatic carbocycles. The van der Waals surface area contributed by atoms with E-state index in [1.165, 1.54) is 16.7 Å². The van der Waals surface area contributed by atoms with E-state index in [1.54, 1.807) is 24.3 Å². The van der Waals surface area contributed by atoms with Gasteiger partial charge in [0.1, 0.15) is 5.75 Å².